The third-order valence-corrected chi connectivity index (χ3v) is 6.70. The molecule has 6 nitrogen and oxygen atoms in total. The molecule has 2 heterocycles. The SMILES string of the molecule is Cc1ccc(NC(=O)C(C)Sc2nnc3c4ccccc4n(Cc4cccc(C)c4)c3n2)cc1. The van der Waals surface area contributed by atoms with Gasteiger partial charge in [-0.25, -0.2) is 4.98 Å². The Hall–Kier alpha value is -3.71. The first-order valence-corrected chi connectivity index (χ1v) is 12.1. The van der Waals surface area contributed by atoms with Crippen LogP contribution in [0.5, 0.6) is 0 Å². The number of hydrogen-bond donors (Lipinski definition) is 1. The number of aryl methyl sites for hydroxylation is 2. The quantitative estimate of drug-likeness (QED) is 0.321. The first-order valence-electron chi connectivity index (χ1n) is 11.2. The van der Waals surface area contributed by atoms with Crippen molar-refractivity contribution in [3.05, 3.63) is 89.5 Å². The summed E-state index contributed by atoms with van der Waals surface area (Å²) in [5.41, 5.74) is 6.94. The highest BCUT2D eigenvalue weighted by Gasteiger charge is 2.19. The normalized spacial score (nSPS) is 12.2. The zero-order valence-corrected chi connectivity index (χ0v) is 20.1. The minimum absolute atomic E-state index is 0.0992. The van der Waals surface area contributed by atoms with E-state index in [1.54, 1.807) is 0 Å². The Morgan fingerprint density at radius 3 is 2.56 bits per heavy atom. The lowest BCUT2D eigenvalue weighted by molar-refractivity contribution is -0.115. The number of benzene rings is 3. The molecule has 3 aromatic carbocycles. The van der Waals surface area contributed by atoms with E-state index in [0.717, 1.165) is 33.3 Å². The van der Waals surface area contributed by atoms with E-state index < -0.39 is 0 Å². The van der Waals surface area contributed by atoms with Crippen LogP contribution in [0, 0.1) is 13.8 Å². The van der Waals surface area contributed by atoms with Gasteiger partial charge in [0.25, 0.3) is 0 Å². The van der Waals surface area contributed by atoms with Gasteiger partial charge in [-0.3, -0.25) is 4.79 Å². The summed E-state index contributed by atoms with van der Waals surface area (Å²) in [5, 5.41) is 12.9. The Morgan fingerprint density at radius 2 is 1.76 bits per heavy atom. The highest BCUT2D eigenvalue weighted by molar-refractivity contribution is 8.00. The first-order chi connectivity index (χ1) is 16.5. The molecule has 2 aromatic heterocycles. The molecule has 170 valence electrons. The van der Waals surface area contributed by atoms with Crippen molar-refractivity contribution >= 4 is 45.4 Å². The van der Waals surface area contributed by atoms with Crippen LogP contribution < -0.4 is 5.32 Å². The number of amides is 1. The monoisotopic (exact) mass is 467 g/mol. The Morgan fingerprint density at radius 1 is 0.971 bits per heavy atom. The Bertz CT molecular complexity index is 1490. The van der Waals surface area contributed by atoms with Gasteiger partial charge in [-0.2, -0.15) is 0 Å². The van der Waals surface area contributed by atoms with Crippen molar-refractivity contribution in [2.75, 3.05) is 5.32 Å². The van der Waals surface area contributed by atoms with E-state index in [1.807, 2.05) is 56.3 Å². The molecule has 1 N–H and O–H groups in total. The lowest BCUT2D eigenvalue weighted by Gasteiger charge is -2.11. The Balaban J connectivity index is 1.45. The van der Waals surface area contributed by atoms with E-state index in [0.29, 0.717) is 11.7 Å². The molecule has 1 atom stereocenters. The molecule has 5 rings (SSSR count). The third kappa shape index (κ3) is 4.52. The summed E-state index contributed by atoms with van der Waals surface area (Å²) >= 11 is 1.31. The van der Waals surface area contributed by atoms with Crippen LogP contribution in [0.4, 0.5) is 5.69 Å². The average Bonchev–Trinajstić information content (AvgIpc) is 3.13. The second kappa shape index (κ2) is 9.27. The number of fused-ring (bicyclic) bond motifs is 3. The molecule has 0 radical (unpaired) electrons. The number of thioether (sulfide) groups is 1. The van der Waals surface area contributed by atoms with Crippen molar-refractivity contribution in [3.8, 4) is 0 Å². The summed E-state index contributed by atoms with van der Waals surface area (Å²) in [6.45, 7) is 6.64. The van der Waals surface area contributed by atoms with Gasteiger partial charge in [-0.1, -0.05) is 77.5 Å². The predicted molar refractivity (Wildman–Crippen MR) is 138 cm³/mol. The van der Waals surface area contributed by atoms with Crippen molar-refractivity contribution in [3.63, 3.8) is 0 Å². The van der Waals surface area contributed by atoms with Crippen molar-refractivity contribution in [1.29, 1.82) is 0 Å². The van der Waals surface area contributed by atoms with Crippen LogP contribution in [0.25, 0.3) is 22.1 Å². The third-order valence-electron chi connectivity index (χ3n) is 5.75. The molecule has 34 heavy (non-hydrogen) atoms. The molecule has 5 aromatic rings. The molecule has 1 unspecified atom stereocenters. The van der Waals surface area contributed by atoms with Crippen LogP contribution in [-0.4, -0.2) is 30.9 Å². The van der Waals surface area contributed by atoms with E-state index >= 15 is 0 Å². The molecule has 0 bridgehead atoms. The molecule has 0 saturated carbocycles. The summed E-state index contributed by atoms with van der Waals surface area (Å²) in [6, 6.07) is 24.4. The highest BCUT2D eigenvalue weighted by Crippen LogP contribution is 2.29. The maximum Gasteiger partial charge on any atom is 0.237 e. The fraction of sp³-hybridized carbons (Fsp3) is 0.185. The highest BCUT2D eigenvalue weighted by atomic mass is 32.2. The zero-order chi connectivity index (χ0) is 23.7. The standard InChI is InChI=1S/C27H25N5OS/c1-17-11-13-21(14-12-17)28-26(33)19(3)34-27-29-25-24(30-31-27)22-9-4-5-10-23(22)32(25)16-20-8-6-7-18(2)15-20/h4-15,19H,16H2,1-3H3,(H,28,33). The van der Waals surface area contributed by atoms with Gasteiger partial charge >= 0.3 is 0 Å². The molecule has 7 heteroatoms. The van der Waals surface area contributed by atoms with Crippen LogP contribution >= 0.6 is 11.8 Å². The number of rotatable bonds is 6. The van der Waals surface area contributed by atoms with Gasteiger partial charge in [-0.15, -0.1) is 10.2 Å². The van der Waals surface area contributed by atoms with Crippen LogP contribution in [0.2, 0.25) is 0 Å². The number of carbonyl (C=O) groups excluding carboxylic acids is 1. The summed E-state index contributed by atoms with van der Waals surface area (Å²) in [7, 11) is 0. The van der Waals surface area contributed by atoms with E-state index in [9.17, 15) is 4.79 Å². The molecule has 0 fully saturated rings. The lowest BCUT2D eigenvalue weighted by atomic mass is 10.1. The van der Waals surface area contributed by atoms with E-state index in [1.165, 1.54) is 22.9 Å². The fourth-order valence-electron chi connectivity index (χ4n) is 3.98. The number of aromatic nitrogens is 4. The van der Waals surface area contributed by atoms with Crippen LogP contribution in [0.3, 0.4) is 0 Å². The second-order valence-corrected chi connectivity index (χ2v) is 9.78. The van der Waals surface area contributed by atoms with Crippen LogP contribution in [0.15, 0.2) is 78.0 Å². The second-order valence-electron chi connectivity index (χ2n) is 8.47. The Kier molecular flexibility index (Phi) is 6.02. The van der Waals surface area contributed by atoms with E-state index in [2.05, 4.69) is 57.3 Å². The van der Waals surface area contributed by atoms with Crippen molar-refractivity contribution < 1.29 is 4.79 Å². The van der Waals surface area contributed by atoms with Crippen LogP contribution in [-0.2, 0) is 11.3 Å². The number of anilines is 1. The van der Waals surface area contributed by atoms with Crippen molar-refractivity contribution in [1.82, 2.24) is 19.7 Å². The maximum absolute atomic E-state index is 12.7. The lowest BCUT2D eigenvalue weighted by Crippen LogP contribution is -2.22. The molecule has 1 amide bonds. The largest absolute Gasteiger partial charge is 0.325 e. The number of nitrogens with one attached hydrogen (secondary N) is 1. The smallest absolute Gasteiger partial charge is 0.237 e. The fourth-order valence-corrected chi connectivity index (χ4v) is 4.69. The number of hydrogen-bond acceptors (Lipinski definition) is 5. The topological polar surface area (TPSA) is 72.7 Å². The van der Waals surface area contributed by atoms with Gasteiger partial charge in [0.15, 0.2) is 5.65 Å². The van der Waals surface area contributed by atoms with Crippen molar-refractivity contribution in [2.45, 2.75) is 37.7 Å². The van der Waals surface area contributed by atoms with E-state index in [4.69, 9.17) is 4.98 Å². The molecule has 0 spiro atoms. The Labute approximate surface area is 202 Å². The van der Waals surface area contributed by atoms with E-state index in [-0.39, 0.29) is 11.2 Å². The minimum atomic E-state index is -0.379. The summed E-state index contributed by atoms with van der Waals surface area (Å²) in [6.07, 6.45) is 0. The van der Waals surface area contributed by atoms with Gasteiger partial charge in [-0.05, 0) is 44.5 Å². The number of nitrogens with zero attached hydrogens (tertiary/aromatic N) is 4. The zero-order valence-electron chi connectivity index (χ0n) is 19.3. The number of para-hydroxylation sites is 1. The van der Waals surface area contributed by atoms with Gasteiger partial charge in [0.2, 0.25) is 11.1 Å². The van der Waals surface area contributed by atoms with Gasteiger partial charge < -0.3 is 9.88 Å². The molecule has 0 aliphatic heterocycles. The summed E-state index contributed by atoms with van der Waals surface area (Å²) in [5.74, 6) is -0.0992. The molecule has 0 aliphatic carbocycles. The van der Waals surface area contributed by atoms with Crippen molar-refractivity contribution in [2.24, 2.45) is 0 Å². The van der Waals surface area contributed by atoms with Gasteiger partial charge in [0, 0.05) is 17.6 Å². The first kappa shape index (κ1) is 22.1. The molecular formula is C27H25N5OS. The predicted octanol–water partition coefficient (Wildman–Crippen LogP) is 5.76. The average molecular weight is 468 g/mol. The molecule has 0 aliphatic rings. The molecule has 0 saturated heterocycles. The summed E-state index contributed by atoms with van der Waals surface area (Å²) < 4.78 is 2.18. The maximum atomic E-state index is 12.7. The number of carbonyl (C=O) groups is 1. The van der Waals surface area contributed by atoms with Gasteiger partial charge in [0.1, 0.15) is 5.52 Å². The minimum Gasteiger partial charge on any atom is -0.325 e. The van der Waals surface area contributed by atoms with Crippen LogP contribution in [0.1, 0.15) is 23.6 Å². The van der Waals surface area contributed by atoms with Gasteiger partial charge in [0.05, 0.1) is 10.8 Å². The molecular weight excluding hydrogens is 442 g/mol. The summed E-state index contributed by atoms with van der Waals surface area (Å²) in [4.78, 5) is 17.6.